The van der Waals surface area contributed by atoms with Gasteiger partial charge < -0.3 is 10.6 Å². The summed E-state index contributed by atoms with van der Waals surface area (Å²) in [4.78, 5) is 2.05. The van der Waals surface area contributed by atoms with E-state index in [4.69, 9.17) is 17.3 Å². The van der Waals surface area contributed by atoms with Crippen LogP contribution in [0, 0.1) is 0 Å². The highest BCUT2D eigenvalue weighted by molar-refractivity contribution is 6.30. The quantitative estimate of drug-likeness (QED) is 0.916. The predicted octanol–water partition coefficient (Wildman–Crippen LogP) is 3.45. The molecule has 0 radical (unpaired) electrons. The Labute approximate surface area is 113 Å². The molecule has 18 heavy (non-hydrogen) atoms. The molecular weight excluding hydrogens is 244 g/mol. The van der Waals surface area contributed by atoms with Crippen LogP contribution in [0.1, 0.15) is 17.2 Å². The summed E-state index contributed by atoms with van der Waals surface area (Å²) in [6, 6.07) is 15.7. The second kappa shape index (κ2) is 5.42. The van der Waals surface area contributed by atoms with E-state index in [9.17, 15) is 0 Å². The topological polar surface area (TPSA) is 29.3 Å². The Hall–Kier alpha value is -1.51. The van der Waals surface area contributed by atoms with Gasteiger partial charge in [-0.05, 0) is 29.3 Å². The summed E-state index contributed by atoms with van der Waals surface area (Å²) in [7, 11) is 4.01. The van der Waals surface area contributed by atoms with Crippen LogP contribution in [0.2, 0.25) is 5.02 Å². The monoisotopic (exact) mass is 260 g/mol. The van der Waals surface area contributed by atoms with Crippen molar-refractivity contribution in [1.29, 1.82) is 0 Å². The molecule has 0 fully saturated rings. The highest BCUT2D eigenvalue weighted by Gasteiger charge is 2.14. The molecule has 0 aliphatic heterocycles. The number of hydrogen-bond acceptors (Lipinski definition) is 2. The molecule has 2 N–H and O–H groups in total. The van der Waals surface area contributed by atoms with Crippen molar-refractivity contribution in [3.63, 3.8) is 0 Å². The van der Waals surface area contributed by atoms with Gasteiger partial charge in [0.05, 0.1) is 6.04 Å². The summed E-state index contributed by atoms with van der Waals surface area (Å²) >= 11 is 6.08. The zero-order chi connectivity index (χ0) is 13.1. The van der Waals surface area contributed by atoms with Crippen LogP contribution in [0.5, 0.6) is 0 Å². The fourth-order valence-electron chi connectivity index (χ4n) is 2.02. The maximum Gasteiger partial charge on any atom is 0.0572 e. The van der Waals surface area contributed by atoms with Gasteiger partial charge in [-0.25, -0.2) is 0 Å². The Bertz CT molecular complexity index is 523. The third-order valence-corrected chi connectivity index (χ3v) is 3.20. The van der Waals surface area contributed by atoms with Gasteiger partial charge in [-0.15, -0.1) is 0 Å². The summed E-state index contributed by atoms with van der Waals surface area (Å²) in [5.41, 5.74) is 9.56. The fraction of sp³-hybridized carbons (Fsp3) is 0.200. The molecule has 0 spiro atoms. The minimum Gasteiger partial charge on any atom is -0.377 e. The van der Waals surface area contributed by atoms with Crippen molar-refractivity contribution in [3.8, 4) is 0 Å². The van der Waals surface area contributed by atoms with Crippen LogP contribution in [-0.4, -0.2) is 14.1 Å². The standard InChI is InChI=1S/C15H17ClN2/c1-18(2)14-9-8-12(16)10-13(14)15(17)11-6-4-3-5-7-11/h3-10,15H,17H2,1-2H3. The number of anilines is 1. The van der Waals surface area contributed by atoms with Crippen molar-refractivity contribution in [2.75, 3.05) is 19.0 Å². The molecule has 0 heterocycles. The largest absolute Gasteiger partial charge is 0.377 e. The molecule has 0 aliphatic rings. The van der Waals surface area contributed by atoms with E-state index in [1.54, 1.807) is 0 Å². The van der Waals surface area contributed by atoms with E-state index in [0.29, 0.717) is 5.02 Å². The molecule has 2 rings (SSSR count). The average Bonchev–Trinajstić information content (AvgIpc) is 2.38. The van der Waals surface area contributed by atoms with Crippen LogP contribution in [-0.2, 0) is 0 Å². The lowest BCUT2D eigenvalue weighted by Gasteiger charge is -2.22. The van der Waals surface area contributed by atoms with E-state index in [0.717, 1.165) is 16.8 Å². The molecule has 0 amide bonds. The Balaban J connectivity index is 2.47. The molecule has 3 heteroatoms. The Morgan fingerprint density at radius 3 is 2.33 bits per heavy atom. The molecule has 0 aromatic heterocycles. The maximum atomic E-state index is 6.34. The van der Waals surface area contributed by atoms with Crippen LogP contribution in [0.3, 0.4) is 0 Å². The predicted molar refractivity (Wildman–Crippen MR) is 78.3 cm³/mol. The summed E-state index contributed by atoms with van der Waals surface area (Å²) in [5.74, 6) is 0. The first-order valence-corrected chi connectivity index (χ1v) is 6.24. The van der Waals surface area contributed by atoms with Crippen molar-refractivity contribution < 1.29 is 0 Å². The minimum atomic E-state index is -0.165. The van der Waals surface area contributed by atoms with E-state index >= 15 is 0 Å². The zero-order valence-electron chi connectivity index (χ0n) is 10.6. The van der Waals surface area contributed by atoms with Crippen molar-refractivity contribution in [2.45, 2.75) is 6.04 Å². The second-order valence-electron chi connectivity index (χ2n) is 4.49. The molecule has 2 aromatic rings. The van der Waals surface area contributed by atoms with E-state index in [2.05, 4.69) is 4.90 Å². The smallest absolute Gasteiger partial charge is 0.0572 e. The van der Waals surface area contributed by atoms with Crippen molar-refractivity contribution in [3.05, 3.63) is 64.7 Å². The summed E-state index contributed by atoms with van der Waals surface area (Å²) < 4.78 is 0. The van der Waals surface area contributed by atoms with Crippen LogP contribution < -0.4 is 10.6 Å². The van der Waals surface area contributed by atoms with E-state index < -0.39 is 0 Å². The van der Waals surface area contributed by atoms with Gasteiger partial charge in [0.2, 0.25) is 0 Å². The number of nitrogens with two attached hydrogens (primary N) is 1. The molecular formula is C15H17ClN2. The number of rotatable bonds is 3. The van der Waals surface area contributed by atoms with E-state index in [1.807, 2.05) is 62.6 Å². The van der Waals surface area contributed by atoms with Crippen LogP contribution >= 0.6 is 11.6 Å². The van der Waals surface area contributed by atoms with Gasteiger partial charge in [-0.1, -0.05) is 41.9 Å². The molecule has 1 atom stereocenters. The molecule has 0 saturated carbocycles. The minimum absolute atomic E-state index is 0.165. The molecule has 2 nitrogen and oxygen atoms in total. The summed E-state index contributed by atoms with van der Waals surface area (Å²) in [6.07, 6.45) is 0. The van der Waals surface area contributed by atoms with E-state index in [1.165, 1.54) is 0 Å². The maximum absolute atomic E-state index is 6.34. The van der Waals surface area contributed by atoms with Gasteiger partial charge in [0.15, 0.2) is 0 Å². The average molecular weight is 261 g/mol. The third-order valence-electron chi connectivity index (χ3n) is 2.97. The first-order chi connectivity index (χ1) is 8.59. The van der Waals surface area contributed by atoms with Gasteiger partial charge in [-0.3, -0.25) is 0 Å². The van der Waals surface area contributed by atoms with Crippen molar-refractivity contribution in [1.82, 2.24) is 0 Å². The van der Waals surface area contributed by atoms with E-state index in [-0.39, 0.29) is 6.04 Å². The van der Waals surface area contributed by atoms with Crippen LogP contribution in [0.4, 0.5) is 5.69 Å². The summed E-state index contributed by atoms with van der Waals surface area (Å²) in [6.45, 7) is 0. The molecule has 2 aromatic carbocycles. The first kappa shape index (κ1) is 12.9. The van der Waals surface area contributed by atoms with Gasteiger partial charge in [0.1, 0.15) is 0 Å². The van der Waals surface area contributed by atoms with Gasteiger partial charge >= 0.3 is 0 Å². The first-order valence-electron chi connectivity index (χ1n) is 5.87. The van der Waals surface area contributed by atoms with Crippen molar-refractivity contribution >= 4 is 17.3 Å². The Morgan fingerprint density at radius 1 is 1.06 bits per heavy atom. The molecule has 0 bridgehead atoms. The molecule has 1 unspecified atom stereocenters. The number of halogens is 1. The van der Waals surface area contributed by atoms with Gasteiger partial charge in [0, 0.05) is 24.8 Å². The molecule has 94 valence electrons. The highest BCUT2D eigenvalue weighted by atomic mass is 35.5. The Morgan fingerprint density at radius 2 is 1.72 bits per heavy atom. The number of hydrogen-bond donors (Lipinski definition) is 1. The van der Waals surface area contributed by atoms with Crippen molar-refractivity contribution in [2.24, 2.45) is 5.73 Å². The molecule has 0 saturated heterocycles. The lowest BCUT2D eigenvalue weighted by Crippen LogP contribution is -2.18. The van der Waals surface area contributed by atoms with Gasteiger partial charge in [-0.2, -0.15) is 0 Å². The fourth-order valence-corrected chi connectivity index (χ4v) is 2.20. The summed E-state index contributed by atoms with van der Waals surface area (Å²) in [5, 5.41) is 0.710. The van der Waals surface area contributed by atoms with Crippen LogP contribution in [0.15, 0.2) is 48.5 Å². The SMILES string of the molecule is CN(C)c1ccc(Cl)cc1C(N)c1ccccc1. The van der Waals surface area contributed by atoms with Crippen LogP contribution in [0.25, 0.3) is 0 Å². The molecule has 0 aliphatic carbocycles. The number of nitrogens with zero attached hydrogens (tertiary/aromatic N) is 1. The Kier molecular flexibility index (Phi) is 3.90. The van der Waals surface area contributed by atoms with Gasteiger partial charge in [0.25, 0.3) is 0 Å². The number of benzene rings is 2. The normalized spacial score (nSPS) is 12.2. The third kappa shape index (κ3) is 2.66. The zero-order valence-corrected chi connectivity index (χ0v) is 11.4. The highest BCUT2D eigenvalue weighted by Crippen LogP contribution is 2.30. The lowest BCUT2D eigenvalue weighted by atomic mass is 9.98. The lowest BCUT2D eigenvalue weighted by molar-refractivity contribution is 0.863. The second-order valence-corrected chi connectivity index (χ2v) is 4.92.